The highest BCUT2D eigenvalue weighted by Gasteiger charge is 2.09. The average Bonchev–Trinajstić information content (AvgIpc) is 3.04. The molecule has 0 fully saturated rings. The van der Waals surface area contributed by atoms with E-state index in [2.05, 4.69) is 15.7 Å². The smallest absolute Gasteiger partial charge is 0.171 e. The van der Waals surface area contributed by atoms with Crippen LogP contribution in [0.4, 0.5) is 10.1 Å². The van der Waals surface area contributed by atoms with E-state index in [1.54, 1.807) is 29.2 Å². The summed E-state index contributed by atoms with van der Waals surface area (Å²) < 4.78 is 15.4. The second kappa shape index (κ2) is 8.09. The number of aromatic nitrogens is 2. The van der Waals surface area contributed by atoms with Crippen molar-refractivity contribution >= 4 is 34.6 Å². The first-order chi connectivity index (χ1) is 12.1. The monoisotopic (exact) mass is 374 g/mol. The van der Waals surface area contributed by atoms with Crippen molar-refractivity contribution in [2.45, 2.75) is 13.1 Å². The van der Waals surface area contributed by atoms with Crippen molar-refractivity contribution in [3.8, 4) is 0 Å². The van der Waals surface area contributed by atoms with Crippen molar-refractivity contribution in [3.63, 3.8) is 0 Å². The summed E-state index contributed by atoms with van der Waals surface area (Å²) in [6, 6.07) is 14.6. The maximum absolute atomic E-state index is 13.8. The number of nitrogens with one attached hydrogen (secondary N) is 2. The van der Waals surface area contributed by atoms with Crippen LogP contribution < -0.4 is 10.6 Å². The van der Waals surface area contributed by atoms with Crippen LogP contribution in [0.25, 0.3) is 0 Å². The largest absolute Gasteiger partial charge is 0.358 e. The third-order valence-corrected chi connectivity index (χ3v) is 4.17. The summed E-state index contributed by atoms with van der Waals surface area (Å²) in [7, 11) is 0. The van der Waals surface area contributed by atoms with Crippen molar-refractivity contribution in [2.75, 3.05) is 5.32 Å². The van der Waals surface area contributed by atoms with E-state index < -0.39 is 0 Å². The van der Waals surface area contributed by atoms with Crippen molar-refractivity contribution in [1.29, 1.82) is 0 Å². The molecular formula is C18H16ClFN4S. The van der Waals surface area contributed by atoms with Gasteiger partial charge in [-0.25, -0.2) is 4.39 Å². The summed E-state index contributed by atoms with van der Waals surface area (Å²) >= 11 is 11.3. The first kappa shape index (κ1) is 17.4. The number of anilines is 1. The third-order valence-electron chi connectivity index (χ3n) is 3.57. The van der Waals surface area contributed by atoms with Crippen molar-refractivity contribution < 1.29 is 4.39 Å². The van der Waals surface area contributed by atoms with Crippen LogP contribution in [0.3, 0.4) is 0 Å². The number of hydrogen-bond donors (Lipinski definition) is 2. The second-order valence-corrected chi connectivity index (χ2v) is 6.24. The minimum atomic E-state index is -0.349. The maximum atomic E-state index is 13.8. The minimum absolute atomic E-state index is 0.247. The summed E-state index contributed by atoms with van der Waals surface area (Å²) in [4.78, 5) is 0. The van der Waals surface area contributed by atoms with Gasteiger partial charge in [0.2, 0.25) is 0 Å². The highest BCUT2D eigenvalue weighted by Crippen LogP contribution is 2.20. The summed E-state index contributed by atoms with van der Waals surface area (Å²) in [6.45, 7) is 0.878. The lowest BCUT2D eigenvalue weighted by Gasteiger charge is -2.09. The van der Waals surface area contributed by atoms with Crippen LogP contribution in [0.2, 0.25) is 5.02 Å². The summed E-state index contributed by atoms with van der Waals surface area (Å²) in [5, 5.41) is 11.3. The lowest BCUT2D eigenvalue weighted by Crippen LogP contribution is -2.27. The Bertz CT molecular complexity index is 846. The van der Waals surface area contributed by atoms with Gasteiger partial charge in [-0.2, -0.15) is 5.10 Å². The molecule has 1 aromatic heterocycles. The van der Waals surface area contributed by atoms with Crippen LogP contribution in [-0.4, -0.2) is 14.9 Å². The zero-order valence-electron chi connectivity index (χ0n) is 13.2. The SMILES string of the molecule is Fc1cccc(Cl)c1Cn1cc(NC(=S)NCc2ccccc2)cn1. The Morgan fingerprint density at radius 3 is 2.72 bits per heavy atom. The first-order valence-corrected chi connectivity index (χ1v) is 8.44. The normalized spacial score (nSPS) is 10.5. The molecule has 25 heavy (non-hydrogen) atoms. The highest BCUT2D eigenvalue weighted by molar-refractivity contribution is 7.80. The number of hydrogen-bond acceptors (Lipinski definition) is 2. The molecule has 3 rings (SSSR count). The van der Waals surface area contributed by atoms with Crippen LogP contribution in [-0.2, 0) is 13.1 Å². The quantitative estimate of drug-likeness (QED) is 0.656. The Balaban J connectivity index is 1.57. The molecule has 0 spiro atoms. The van der Waals surface area contributed by atoms with E-state index in [1.807, 2.05) is 30.3 Å². The van der Waals surface area contributed by atoms with Gasteiger partial charge in [0.05, 0.1) is 18.4 Å². The Morgan fingerprint density at radius 1 is 1.16 bits per heavy atom. The molecule has 7 heteroatoms. The summed E-state index contributed by atoms with van der Waals surface area (Å²) in [6.07, 6.45) is 3.38. The van der Waals surface area contributed by atoms with Gasteiger partial charge >= 0.3 is 0 Å². The van der Waals surface area contributed by atoms with Gasteiger partial charge in [0, 0.05) is 23.3 Å². The maximum Gasteiger partial charge on any atom is 0.171 e. The molecule has 0 aliphatic heterocycles. The molecule has 0 saturated carbocycles. The molecular weight excluding hydrogens is 359 g/mol. The predicted molar refractivity (Wildman–Crippen MR) is 102 cm³/mol. The molecule has 128 valence electrons. The minimum Gasteiger partial charge on any atom is -0.358 e. The Kier molecular flexibility index (Phi) is 5.63. The van der Waals surface area contributed by atoms with Crippen molar-refractivity contribution in [2.24, 2.45) is 0 Å². The van der Waals surface area contributed by atoms with E-state index in [0.29, 0.717) is 22.2 Å². The van der Waals surface area contributed by atoms with Crippen molar-refractivity contribution in [1.82, 2.24) is 15.1 Å². The van der Waals surface area contributed by atoms with Gasteiger partial charge in [-0.15, -0.1) is 0 Å². The van der Waals surface area contributed by atoms with Gasteiger partial charge in [0.1, 0.15) is 5.82 Å². The predicted octanol–water partition coefficient (Wildman–Crippen LogP) is 4.21. The van der Waals surface area contributed by atoms with Crippen molar-refractivity contribution in [3.05, 3.63) is 82.9 Å². The lowest BCUT2D eigenvalue weighted by atomic mass is 10.2. The Morgan fingerprint density at radius 2 is 1.96 bits per heavy atom. The number of rotatable bonds is 5. The molecule has 1 heterocycles. The number of benzene rings is 2. The van der Waals surface area contributed by atoms with E-state index >= 15 is 0 Å². The van der Waals surface area contributed by atoms with Gasteiger partial charge in [0.25, 0.3) is 0 Å². The first-order valence-electron chi connectivity index (χ1n) is 7.66. The summed E-state index contributed by atoms with van der Waals surface area (Å²) in [5.41, 5.74) is 2.26. The molecule has 2 aromatic carbocycles. The molecule has 0 aliphatic rings. The molecule has 0 radical (unpaired) electrons. The topological polar surface area (TPSA) is 41.9 Å². The molecule has 0 atom stereocenters. The number of thiocarbonyl (C=S) groups is 1. The third kappa shape index (κ3) is 4.78. The highest BCUT2D eigenvalue weighted by atomic mass is 35.5. The van der Waals surface area contributed by atoms with Crippen LogP contribution in [0, 0.1) is 5.82 Å². The van der Waals surface area contributed by atoms with E-state index in [1.165, 1.54) is 6.07 Å². The fourth-order valence-corrected chi connectivity index (χ4v) is 2.73. The fraction of sp³-hybridized carbons (Fsp3) is 0.111. The number of nitrogens with zero attached hydrogens (tertiary/aromatic N) is 2. The van der Waals surface area contributed by atoms with Gasteiger partial charge in [-0.1, -0.05) is 48.0 Å². The number of halogens is 2. The van der Waals surface area contributed by atoms with Gasteiger partial charge in [0.15, 0.2) is 5.11 Å². The Labute approximate surface area is 155 Å². The van der Waals surface area contributed by atoms with E-state index in [9.17, 15) is 4.39 Å². The van der Waals surface area contributed by atoms with E-state index in [-0.39, 0.29) is 12.4 Å². The zero-order valence-corrected chi connectivity index (χ0v) is 14.8. The van der Waals surface area contributed by atoms with Crippen LogP contribution >= 0.6 is 23.8 Å². The van der Waals surface area contributed by atoms with Crippen LogP contribution in [0.5, 0.6) is 0 Å². The fourth-order valence-electron chi connectivity index (χ4n) is 2.31. The van der Waals surface area contributed by atoms with Gasteiger partial charge in [-0.3, -0.25) is 4.68 Å². The Hall–Kier alpha value is -2.44. The van der Waals surface area contributed by atoms with E-state index in [4.69, 9.17) is 23.8 Å². The summed E-state index contributed by atoms with van der Waals surface area (Å²) in [5.74, 6) is -0.349. The molecule has 3 aromatic rings. The van der Waals surface area contributed by atoms with Crippen LogP contribution in [0.1, 0.15) is 11.1 Å². The lowest BCUT2D eigenvalue weighted by molar-refractivity contribution is 0.585. The van der Waals surface area contributed by atoms with Gasteiger partial charge in [-0.05, 0) is 29.9 Å². The van der Waals surface area contributed by atoms with Crippen LogP contribution in [0.15, 0.2) is 60.9 Å². The average molecular weight is 375 g/mol. The zero-order chi connectivity index (χ0) is 17.6. The standard InChI is InChI=1S/C18H16ClFN4S/c19-16-7-4-8-17(20)15(16)12-24-11-14(10-22-24)23-18(25)21-9-13-5-2-1-3-6-13/h1-8,10-11H,9,12H2,(H2,21,23,25). The van der Waals surface area contributed by atoms with Gasteiger partial charge < -0.3 is 10.6 Å². The molecule has 0 bridgehead atoms. The molecule has 0 amide bonds. The molecule has 4 nitrogen and oxygen atoms in total. The molecule has 0 aliphatic carbocycles. The van der Waals surface area contributed by atoms with E-state index in [0.717, 1.165) is 11.3 Å². The second-order valence-electron chi connectivity index (χ2n) is 5.42. The molecule has 0 saturated heterocycles. The molecule has 2 N–H and O–H groups in total. The molecule has 0 unspecified atom stereocenters.